The highest BCUT2D eigenvalue weighted by atomic mass is 19.1. The molecule has 0 aliphatic heterocycles. The van der Waals surface area contributed by atoms with E-state index in [-0.39, 0.29) is 5.82 Å². The van der Waals surface area contributed by atoms with Crippen molar-refractivity contribution in [3.05, 3.63) is 35.1 Å². The van der Waals surface area contributed by atoms with Gasteiger partial charge in [-0.15, -0.1) is 0 Å². The summed E-state index contributed by atoms with van der Waals surface area (Å²) in [5.41, 5.74) is 0.957. The zero-order chi connectivity index (χ0) is 14.6. The highest BCUT2D eigenvalue weighted by molar-refractivity contribution is 5.73. The summed E-state index contributed by atoms with van der Waals surface area (Å²) in [5, 5.41) is 9.05. The fourth-order valence-electron chi connectivity index (χ4n) is 1.77. The van der Waals surface area contributed by atoms with Gasteiger partial charge in [0.05, 0.1) is 5.41 Å². The maximum Gasteiger partial charge on any atom is 0.309 e. The Kier molecular flexibility index (Phi) is 5.06. The molecule has 0 unspecified atom stereocenters. The van der Waals surface area contributed by atoms with Crippen LogP contribution in [0.2, 0.25) is 0 Å². The minimum absolute atomic E-state index is 0.196. The number of halogens is 1. The Morgan fingerprint density at radius 1 is 1.42 bits per heavy atom. The van der Waals surface area contributed by atoms with Gasteiger partial charge in [0, 0.05) is 6.54 Å². The van der Waals surface area contributed by atoms with Gasteiger partial charge in [-0.05, 0) is 58.0 Å². The van der Waals surface area contributed by atoms with Crippen LogP contribution in [0.3, 0.4) is 0 Å². The van der Waals surface area contributed by atoms with E-state index >= 15 is 0 Å². The Morgan fingerprint density at radius 2 is 2.05 bits per heavy atom. The van der Waals surface area contributed by atoms with E-state index in [4.69, 9.17) is 5.11 Å². The third-order valence-electron chi connectivity index (χ3n) is 3.37. The number of benzene rings is 1. The third-order valence-corrected chi connectivity index (χ3v) is 3.37. The summed E-state index contributed by atoms with van der Waals surface area (Å²) in [5.74, 6) is -0.975. The van der Waals surface area contributed by atoms with E-state index in [0.717, 1.165) is 5.56 Å². The van der Waals surface area contributed by atoms with Gasteiger partial charge >= 0.3 is 5.97 Å². The molecule has 0 heterocycles. The molecule has 0 spiro atoms. The molecule has 0 aromatic heterocycles. The van der Waals surface area contributed by atoms with Crippen LogP contribution in [0.25, 0.3) is 0 Å². The second-order valence-electron chi connectivity index (χ2n) is 5.76. The van der Waals surface area contributed by atoms with Crippen molar-refractivity contribution in [2.75, 3.05) is 13.6 Å². The lowest BCUT2D eigenvalue weighted by Crippen LogP contribution is -2.30. The Bertz CT molecular complexity index is 457. The first-order valence-corrected chi connectivity index (χ1v) is 6.39. The summed E-state index contributed by atoms with van der Waals surface area (Å²) in [6, 6.07) is 5.06. The van der Waals surface area contributed by atoms with Gasteiger partial charge in [-0.3, -0.25) is 4.79 Å². The van der Waals surface area contributed by atoms with Crippen molar-refractivity contribution in [3.8, 4) is 0 Å². The van der Waals surface area contributed by atoms with E-state index in [1.807, 2.05) is 13.1 Å². The normalized spacial score (nSPS) is 11.9. The highest BCUT2D eigenvalue weighted by Gasteiger charge is 2.26. The molecule has 106 valence electrons. The van der Waals surface area contributed by atoms with Gasteiger partial charge in [0.15, 0.2) is 0 Å². The van der Waals surface area contributed by atoms with Crippen LogP contribution in [0.5, 0.6) is 0 Å². The number of carbonyl (C=O) groups is 1. The van der Waals surface area contributed by atoms with E-state index in [9.17, 15) is 9.18 Å². The minimum atomic E-state index is -0.779. The molecule has 0 saturated heterocycles. The Labute approximate surface area is 114 Å². The molecule has 0 fully saturated rings. The largest absolute Gasteiger partial charge is 0.481 e. The topological polar surface area (TPSA) is 40.5 Å². The molecular formula is C15H22FNO2. The van der Waals surface area contributed by atoms with Crippen molar-refractivity contribution in [2.45, 2.75) is 33.7 Å². The number of aryl methyl sites for hydroxylation is 1. The number of carboxylic acids is 1. The first-order chi connectivity index (χ1) is 8.72. The molecule has 19 heavy (non-hydrogen) atoms. The summed E-state index contributed by atoms with van der Waals surface area (Å²) in [4.78, 5) is 13.1. The lowest BCUT2D eigenvalue weighted by atomic mass is 9.89. The zero-order valence-corrected chi connectivity index (χ0v) is 12.0. The summed E-state index contributed by atoms with van der Waals surface area (Å²) >= 11 is 0. The molecule has 0 aliphatic rings. The van der Waals surface area contributed by atoms with E-state index in [0.29, 0.717) is 25.1 Å². The zero-order valence-electron chi connectivity index (χ0n) is 12.0. The molecule has 4 heteroatoms. The highest BCUT2D eigenvalue weighted by Crippen LogP contribution is 2.21. The average Bonchev–Trinajstić information content (AvgIpc) is 2.31. The van der Waals surface area contributed by atoms with Gasteiger partial charge in [-0.1, -0.05) is 12.1 Å². The number of aliphatic carboxylic acids is 1. The van der Waals surface area contributed by atoms with Crippen LogP contribution in [0, 0.1) is 18.2 Å². The molecule has 1 aromatic carbocycles. The molecule has 3 nitrogen and oxygen atoms in total. The van der Waals surface area contributed by atoms with Gasteiger partial charge < -0.3 is 10.0 Å². The van der Waals surface area contributed by atoms with Crippen LogP contribution >= 0.6 is 0 Å². The van der Waals surface area contributed by atoms with Gasteiger partial charge in [-0.2, -0.15) is 0 Å². The lowest BCUT2D eigenvalue weighted by molar-refractivity contribution is -0.147. The van der Waals surface area contributed by atoms with Crippen molar-refractivity contribution in [2.24, 2.45) is 5.41 Å². The van der Waals surface area contributed by atoms with E-state index in [2.05, 4.69) is 4.90 Å². The Morgan fingerprint density at radius 3 is 2.58 bits per heavy atom. The number of rotatable bonds is 6. The van der Waals surface area contributed by atoms with E-state index in [1.54, 1.807) is 26.8 Å². The molecule has 0 saturated carbocycles. The summed E-state index contributed by atoms with van der Waals surface area (Å²) in [6.07, 6.45) is 0.582. The number of hydrogen-bond donors (Lipinski definition) is 1. The predicted octanol–water partition coefficient (Wildman–Crippen LogP) is 3.07. The van der Waals surface area contributed by atoms with Crippen molar-refractivity contribution < 1.29 is 14.3 Å². The quantitative estimate of drug-likeness (QED) is 0.861. The van der Waals surface area contributed by atoms with Crippen LogP contribution in [0.15, 0.2) is 18.2 Å². The third kappa shape index (κ3) is 4.63. The molecule has 0 atom stereocenters. The standard InChI is InChI=1S/C15H22FNO2/c1-11-9-12(5-6-13(11)16)10-17(4)8-7-15(2,3)14(18)19/h5-6,9H,7-8,10H2,1-4H3,(H,18,19). The van der Waals surface area contributed by atoms with Crippen molar-refractivity contribution in [1.82, 2.24) is 4.90 Å². The molecule has 0 bridgehead atoms. The van der Waals surface area contributed by atoms with Gasteiger partial charge in [-0.25, -0.2) is 4.39 Å². The summed E-state index contributed by atoms with van der Waals surface area (Å²) in [7, 11) is 1.94. The summed E-state index contributed by atoms with van der Waals surface area (Å²) in [6.45, 7) is 6.58. The predicted molar refractivity (Wildman–Crippen MR) is 73.5 cm³/mol. The van der Waals surface area contributed by atoms with Crippen LogP contribution in [0.1, 0.15) is 31.4 Å². The fraction of sp³-hybridized carbons (Fsp3) is 0.533. The molecule has 1 N–H and O–H groups in total. The van der Waals surface area contributed by atoms with Crippen molar-refractivity contribution in [3.63, 3.8) is 0 Å². The average molecular weight is 267 g/mol. The molecule has 1 rings (SSSR count). The SMILES string of the molecule is Cc1cc(CN(C)CCC(C)(C)C(=O)O)ccc1F. The lowest BCUT2D eigenvalue weighted by Gasteiger charge is -2.23. The molecule has 0 radical (unpaired) electrons. The molecule has 0 aliphatic carbocycles. The van der Waals surface area contributed by atoms with Gasteiger partial charge in [0.2, 0.25) is 0 Å². The smallest absolute Gasteiger partial charge is 0.309 e. The second-order valence-corrected chi connectivity index (χ2v) is 5.76. The molecular weight excluding hydrogens is 245 g/mol. The monoisotopic (exact) mass is 267 g/mol. The molecule has 1 aromatic rings. The first-order valence-electron chi connectivity index (χ1n) is 6.39. The maximum absolute atomic E-state index is 13.2. The van der Waals surface area contributed by atoms with E-state index in [1.165, 1.54) is 6.07 Å². The van der Waals surface area contributed by atoms with Crippen LogP contribution in [0.4, 0.5) is 4.39 Å². The van der Waals surface area contributed by atoms with Crippen LogP contribution in [-0.4, -0.2) is 29.6 Å². The van der Waals surface area contributed by atoms with Crippen LogP contribution < -0.4 is 0 Å². The summed E-state index contributed by atoms with van der Waals surface area (Å²) < 4.78 is 13.2. The first kappa shape index (κ1) is 15.6. The van der Waals surface area contributed by atoms with Crippen molar-refractivity contribution >= 4 is 5.97 Å². The number of hydrogen-bond acceptors (Lipinski definition) is 2. The minimum Gasteiger partial charge on any atom is -0.481 e. The Balaban J connectivity index is 2.53. The van der Waals surface area contributed by atoms with Gasteiger partial charge in [0.1, 0.15) is 5.82 Å². The van der Waals surface area contributed by atoms with Gasteiger partial charge in [0.25, 0.3) is 0 Å². The molecule has 0 amide bonds. The number of nitrogens with zero attached hydrogens (tertiary/aromatic N) is 1. The maximum atomic E-state index is 13.2. The number of carboxylic acid groups (broad SMARTS) is 1. The van der Waals surface area contributed by atoms with E-state index < -0.39 is 11.4 Å². The Hall–Kier alpha value is -1.42. The van der Waals surface area contributed by atoms with Crippen molar-refractivity contribution in [1.29, 1.82) is 0 Å². The second kappa shape index (κ2) is 6.15. The fourth-order valence-corrected chi connectivity index (χ4v) is 1.77. The van der Waals surface area contributed by atoms with Crippen LogP contribution in [-0.2, 0) is 11.3 Å².